The van der Waals surface area contributed by atoms with Crippen LogP contribution in [0.1, 0.15) is 52.2 Å². The van der Waals surface area contributed by atoms with Crippen molar-refractivity contribution < 1.29 is 14.2 Å². The van der Waals surface area contributed by atoms with Crippen molar-refractivity contribution in [3.8, 4) is 0 Å². The average Bonchev–Trinajstić information content (AvgIpc) is 2.43. The fourth-order valence-electron chi connectivity index (χ4n) is 2.77. The molecule has 0 heterocycles. The number of nitrogens with zero attached hydrogens (tertiary/aromatic N) is 1. The van der Waals surface area contributed by atoms with E-state index < -0.39 is 11.2 Å². The summed E-state index contributed by atoms with van der Waals surface area (Å²) in [5.41, 5.74) is 1.39. The fourth-order valence-corrected chi connectivity index (χ4v) is 2.77. The van der Waals surface area contributed by atoms with Crippen molar-refractivity contribution in [2.75, 3.05) is 20.6 Å². The Labute approximate surface area is 149 Å². The molecule has 0 aliphatic heterocycles. The highest BCUT2D eigenvalue weighted by Gasteiger charge is 2.35. The van der Waals surface area contributed by atoms with E-state index in [1.165, 1.54) is 24.1 Å². The van der Waals surface area contributed by atoms with Crippen molar-refractivity contribution in [3.63, 3.8) is 0 Å². The van der Waals surface area contributed by atoms with Crippen LogP contribution in [-0.4, -0.2) is 48.9 Å². The molecule has 0 radical (unpaired) electrons. The van der Waals surface area contributed by atoms with Crippen LogP contribution in [0.3, 0.4) is 0 Å². The SMILES string of the molecule is CCC[N+](C)(C)Cc1ccc(CCBOC(C)(C)C(C)(C)O)cc1. The van der Waals surface area contributed by atoms with Gasteiger partial charge in [0.1, 0.15) is 6.54 Å². The molecule has 0 saturated carbocycles. The van der Waals surface area contributed by atoms with Crippen molar-refractivity contribution in [2.45, 2.75) is 71.5 Å². The molecule has 0 fully saturated rings. The molecule has 4 heteroatoms. The molecule has 0 amide bonds. The van der Waals surface area contributed by atoms with Crippen molar-refractivity contribution in [2.24, 2.45) is 0 Å². The second-order valence-corrected chi connectivity index (χ2v) is 8.66. The molecule has 24 heavy (non-hydrogen) atoms. The normalized spacial score (nSPS) is 13.2. The van der Waals surface area contributed by atoms with E-state index in [2.05, 4.69) is 45.3 Å². The molecule has 1 rings (SSSR count). The van der Waals surface area contributed by atoms with Gasteiger partial charge >= 0.3 is 0 Å². The minimum atomic E-state index is -0.835. The Balaban J connectivity index is 2.43. The molecular weight excluding hydrogens is 297 g/mol. The smallest absolute Gasteiger partial charge is 0.276 e. The molecular formula is C20H37BNO2+. The van der Waals surface area contributed by atoms with Crippen LogP contribution in [0.2, 0.25) is 6.32 Å². The number of benzene rings is 1. The van der Waals surface area contributed by atoms with Gasteiger partial charge in [-0.3, -0.25) is 0 Å². The molecule has 136 valence electrons. The van der Waals surface area contributed by atoms with Crippen molar-refractivity contribution in [1.29, 1.82) is 0 Å². The van der Waals surface area contributed by atoms with Gasteiger partial charge in [0.25, 0.3) is 7.48 Å². The standard InChI is InChI=1S/C20H37BNO2/c1-8-15-22(6,7)16-18-11-9-17(10-12-18)13-14-21-24-20(4,5)19(2,3)23/h9-12,21,23H,8,13-16H2,1-7H3/q+1. The maximum absolute atomic E-state index is 10.1. The molecule has 1 N–H and O–H groups in total. The summed E-state index contributed by atoms with van der Waals surface area (Å²) in [4.78, 5) is 0. The van der Waals surface area contributed by atoms with Gasteiger partial charge in [-0.1, -0.05) is 31.2 Å². The van der Waals surface area contributed by atoms with Gasteiger partial charge < -0.3 is 14.2 Å². The molecule has 0 aliphatic carbocycles. The largest absolute Gasteiger partial charge is 0.432 e. The lowest BCUT2D eigenvalue weighted by atomic mass is 9.84. The molecule has 0 unspecified atom stereocenters. The Hall–Kier alpha value is -0.835. The zero-order valence-corrected chi connectivity index (χ0v) is 16.9. The molecule has 0 spiro atoms. The number of quaternary nitrogens is 1. The lowest BCUT2D eigenvalue weighted by Gasteiger charge is -2.37. The van der Waals surface area contributed by atoms with E-state index in [1.54, 1.807) is 13.8 Å². The number of aliphatic hydroxyl groups is 1. The summed E-state index contributed by atoms with van der Waals surface area (Å²) >= 11 is 0. The first-order valence-corrected chi connectivity index (χ1v) is 9.23. The van der Waals surface area contributed by atoms with E-state index in [9.17, 15) is 5.11 Å². The third-order valence-electron chi connectivity index (χ3n) is 5.01. The van der Waals surface area contributed by atoms with Gasteiger partial charge in [-0.25, -0.2) is 0 Å². The van der Waals surface area contributed by atoms with E-state index in [1.807, 2.05) is 13.8 Å². The number of hydrogen-bond donors (Lipinski definition) is 1. The summed E-state index contributed by atoms with van der Waals surface area (Å²) in [5.74, 6) is 0. The molecule has 0 saturated heterocycles. The maximum atomic E-state index is 10.1. The molecule has 3 nitrogen and oxygen atoms in total. The van der Waals surface area contributed by atoms with Crippen molar-refractivity contribution >= 4 is 7.48 Å². The van der Waals surface area contributed by atoms with Crippen LogP contribution in [-0.2, 0) is 17.6 Å². The molecule has 1 aromatic rings. The highest BCUT2D eigenvalue weighted by atomic mass is 16.5. The first-order chi connectivity index (χ1) is 11.0. The molecule has 1 aromatic carbocycles. The summed E-state index contributed by atoms with van der Waals surface area (Å²) in [5, 5.41) is 10.1. The minimum Gasteiger partial charge on any atom is -0.432 e. The van der Waals surface area contributed by atoms with Crippen LogP contribution in [0.4, 0.5) is 0 Å². The van der Waals surface area contributed by atoms with Gasteiger partial charge in [0.05, 0.1) is 31.8 Å². The first kappa shape index (κ1) is 21.2. The Morgan fingerprint density at radius 2 is 1.58 bits per heavy atom. The zero-order valence-electron chi connectivity index (χ0n) is 16.9. The quantitative estimate of drug-likeness (QED) is 0.403. The topological polar surface area (TPSA) is 29.5 Å². The summed E-state index contributed by atoms with van der Waals surface area (Å²) in [6.07, 6.45) is 3.19. The lowest BCUT2D eigenvalue weighted by Crippen LogP contribution is -2.48. The van der Waals surface area contributed by atoms with Crippen LogP contribution in [0.15, 0.2) is 24.3 Å². The van der Waals surface area contributed by atoms with Crippen molar-refractivity contribution in [1.82, 2.24) is 0 Å². The van der Waals surface area contributed by atoms with Gasteiger partial charge in [-0.15, -0.1) is 0 Å². The van der Waals surface area contributed by atoms with Gasteiger partial charge in [0, 0.05) is 5.56 Å². The maximum Gasteiger partial charge on any atom is 0.276 e. The summed E-state index contributed by atoms with van der Waals surface area (Å²) in [7, 11) is 5.25. The Kier molecular flexibility index (Phi) is 7.52. The van der Waals surface area contributed by atoms with Crippen LogP contribution in [0.5, 0.6) is 0 Å². The summed E-state index contributed by atoms with van der Waals surface area (Å²) in [6.45, 7) is 12.0. The van der Waals surface area contributed by atoms with E-state index in [0.29, 0.717) is 7.48 Å². The zero-order chi connectivity index (χ0) is 18.4. The predicted octanol–water partition coefficient (Wildman–Crippen LogP) is 3.55. The highest BCUT2D eigenvalue weighted by molar-refractivity contribution is 6.27. The third kappa shape index (κ3) is 6.96. The van der Waals surface area contributed by atoms with Crippen LogP contribution in [0.25, 0.3) is 0 Å². The number of rotatable bonds is 10. The Bertz CT molecular complexity index is 489. The van der Waals surface area contributed by atoms with Crippen LogP contribution >= 0.6 is 0 Å². The molecule has 0 aromatic heterocycles. The number of aryl methyl sites for hydroxylation is 1. The van der Waals surface area contributed by atoms with Crippen molar-refractivity contribution in [3.05, 3.63) is 35.4 Å². The van der Waals surface area contributed by atoms with E-state index in [-0.39, 0.29) is 0 Å². The number of hydrogen-bond acceptors (Lipinski definition) is 2. The van der Waals surface area contributed by atoms with Gasteiger partial charge in [0.15, 0.2) is 0 Å². The Morgan fingerprint density at radius 3 is 2.08 bits per heavy atom. The van der Waals surface area contributed by atoms with E-state index in [4.69, 9.17) is 4.65 Å². The van der Waals surface area contributed by atoms with E-state index in [0.717, 1.165) is 23.8 Å². The molecule has 0 bridgehead atoms. The lowest BCUT2D eigenvalue weighted by molar-refractivity contribution is -0.903. The fraction of sp³-hybridized carbons (Fsp3) is 0.700. The Morgan fingerprint density at radius 1 is 1.04 bits per heavy atom. The predicted molar refractivity (Wildman–Crippen MR) is 105 cm³/mol. The van der Waals surface area contributed by atoms with E-state index >= 15 is 0 Å². The minimum absolute atomic E-state index is 0.528. The second-order valence-electron chi connectivity index (χ2n) is 8.66. The second kappa shape index (κ2) is 8.51. The molecule has 0 aliphatic rings. The monoisotopic (exact) mass is 334 g/mol. The molecule has 0 atom stereocenters. The van der Waals surface area contributed by atoms with Gasteiger partial charge in [-0.05, 0) is 52.4 Å². The first-order valence-electron chi connectivity index (χ1n) is 9.23. The van der Waals surface area contributed by atoms with Crippen LogP contribution in [0, 0.1) is 0 Å². The summed E-state index contributed by atoms with van der Waals surface area (Å²) in [6, 6.07) is 8.99. The highest BCUT2D eigenvalue weighted by Crippen LogP contribution is 2.24. The average molecular weight is 334 g/mol. The summed E-state index contributed by atoms with van der Waals surface area (Å²) < 4.78 is 6.92. The van der Waals surface area contributed by atoms with Crippen LogP contribution < -0.4 is 0 Å². The third-order valence-corrected chi connectivity index (χ3v) is 5.01. The van der Waals surface area contributed by atoms with Gasteiger partial charge in [0.2, 0.25) is 0 Å². The van der Waals surface area contributed by atoms with Gasteiger partial charge in [-0.2, -0.15) is 0 Å².